The topological polar surface area (TPSA) is 35.2 Å². The van der Waals surface area contributed by atoms with Crippen LogP contribution in [0.5, 0.6) is 5.75 Å². The van der Waals surface area contributed by atoms with Crippen molar-refractivity contribution in [3.8, 4) is 5.75 Å². The van der Waals surface area contributed by atoms with Gasteiger partial charge >= 0.3 is 0 Å². The van der Waals surface area contributed by atoms with Crippen LogP contribution in [-0.2, 0) is 0 Å². The lowest BCUT2D eigenvalue weighted by Gasteiger charge is -1.99. The molecule has 2 aromatic rings. The summed E-state index contributed by atoms with van der Waals surface area (Å²) in [6.07, 6.45) is 6.34. The molecule has 0 radical (unpaired) electrons. The molecule has 0 atom stereocenters. The zero-order valence-electron chi connectivity index (χ0n) is 12.5. The largest absolute Gasteiger partial charge is 0.497 e. The Balaban J connectivity index is 1.98. The molecule has 20 heavy (non-hydrogen) atoms. The summed E-state index contributed by atoms with van der Waals surface area (Å²) < 4.78 is 13.1. The van der Waals surface area contributed by atoms with Crippen LogP contribution in [0.2, 0.25) is 0 Å². The van der Waals surface area contributed by atoms with Gasteiger partial charge in [0.05, 0.1) is 8.48 Å². The van der Waals surface area contributed by atoms with Crippen molar-refractivity contribution in [3.63, 3.8) is 0 Å². The van der Waals surface area contributed by atoms with Gasteiger partial charge in [0, 0.05) is 5.69 Å². The number of hydrogen-bond acceptors (Lipinski definition) is 2. The van der Waals surface area contributed by atoms with Crippen molar-refractivity contribution in [2.45, 2.75) is 6.42 Å². The Hall–Kier alpha value is -2.48. The molecule has 2 heteroatoms. The molecule has 0 amide bonds. The fraction of sp³-hybridized carbons (Fsp3) is 0.111. The number of nitrogens with two attached hydrogens (primary N) is 1. The normalized spacial score (nSPS) is 12.4. The summed E-state index contributed by atoms with van der Waals surface area (Å²) in [5, 5.41) is 0. The minimum atomic E-state index is 0.526. The van der Waals surface area contributed by atoms with Crippen molar-refractivity contribution >= 4 is 17.8 Å². The van der Waals surface area contributed by atoms with Crippen LogP contribution >= 0.6 is 0 Å². The third-order valence-electron chi connectivity index (χ3n) is 2.92. The number of benzene rings is 2. The van der Waals surface area contributed by atoms with Crippen molar-refractivity contribution in [2.24, 2.45) is 0 Å². The van der Waals surface area contributed by atoms with E-state index in [0.717, 1.165) is 16.9 Å². The molecule has 2 aromatic carbocycles. The minimum Gasteiger partial charge on any atom is -0.497 e. The molecule has 0 bridgehead atoms. The summed E-state index contributed by atoms with van der Waals surface area (Å²) in [7, 11) is 1.65. The lowest BCUT2D eigenvalue weighted by atomic mass is 10.1. The first-order valence-electron chi connectivity index (χ1n) is 7.01. The van der Waals surface area contributed by atoms with Gasteiger partial charge in [-0.3, -0.25) is 0 Å². The lowest BCUT2D eigenvalue weighted by Crippen LogP contribution is -1.86. The molecule has 0 saturated carbocycles. The Morgan fingerprint density at radius 1 is 1.10 bits per heavy atom. The molecule has 0 aliphatic heterocycles. The molecule has 0 aromatic heterocycles. The summed E-state index contributed by atoms with van der Waals surface area (Å²) in [5.74, 6) is 0.841. The van der Waals surface area contributed by atoms with Crippen LogP contribution in [0.1, 0.15) is 18.9 Å². The van der Waals surface area contributed by atoms with E-state index in [1.807, 2.05) is 60.7 Å². The van der Waals surface area contributed by atoms with E-state index in [-0.39, 0.29) is 0 Å². The first-order valence-corrected chi connectivity index (χ1v) is 6.51. The number of anilines is 1. The summed E-state index contributed by atoms with van der Waals surface area (Å²) in [6, 6.07) is 15.9. The second kappa shape index (κ2) is 7.19. The van der Waals surface area contributed by atoms with E-state index in [1.54, 1.807) is 13.2 Å². The number of ether oxygens (including phenoxy) is 1. The average molecular weight is 266 g/mol. The molecule has 102 valence electrons. The Bertz CT molecular complexity index is 645. The molecular formula is C18H19NO. The summed E-state index contributed by atoms with van der Waals surface area (Å²) in [4.78, 5) is 0. The predicted molar refractivity (Wildman–Crippen MR) is 86.5 cm³/mol. The van der Waals surface area contributed by atoms with Gasteiger partial charge in [-0.25, -0.2) is 0 Å². The number of hydrogen-bond donors (Lipinski definition) is 1. The van der Waals surface area contributed by atoms with Crippen LogP contribution in [0.4, 0.5) is 5.69 Å². The minimum absolute atomic E-state index is 0.526. The van der Waals surface area contributed by atoms with Crippen molar-refractivity contribution in [1.82, 2.24) is 0 Å². The number of methoxy groups -OCH3 is 1. The number of rotatable bonds is 5. The van der Waals surface area contributed by atoms with Crippen LogP contribution in [0.15, 0.2) is 60.7 Å². The smallest absolute Gasteiger partial charge is 0.118 e. The fourth-order valence-electron chi connectivity index (χ4n) is 1.79. The zero-order valence-corrected chi connectivity index (χ0v) is 11.5. The van der Waals surface area contributed by atoms with Crippen molar-refractivity contribution in [3.05, 3.63) is 71.8 Å². The number of allylic oxidation sites excluding steroid dienone is 2. The molecule has 0 aliphatic rings. The van der Waals surface area contributed by atoms with E-state index in [2.05, 4.69) is 0 Å². The molecular weight excluding hydrogens is 246 g/mol. The maximum absolute atomic E-state index is 7.97. The second-order valence-electron chi connectivity index (χ2n) is 4.36. The van der Waals surface area contributed by atoms with E-state index in [9.17, 15) is 0 Å². The van der Waals surface area contributed by atoms with Gasteiger partial charge in [0.15, 0.2) is 0 Å². The van der Waals surface area contributed by atoms with Crippen LogP contribution in [-0.4, -0.2) is 7.11 Å². The summed E-state index contributed by atoms with van der Waals surface area (Å²) >= 11 is 0. The van der Waals surface area contributed by atoms with Crippen molar-refractivity contribution in [2.75, 3.05) is 12.8 Å². The molecule has 2 nitrogen and oxygen atoms in total. The monoisotopic (exact) mass is 266 g/mol. The third-order valence-corrected chi connectivity index (χ3v) is 2.92. The van der Waals surface area contributed by atoms with Crippen LogP contribution in [0.25, 0.3) is 12.2 Å². The number of nitrogen functional groups attached to an aromatic ring is 1. The molecule has 2 rings (SSSR count). The standard InChI is InChI=1S/C18H19NO/c1-20-17-13-11-15(12-14-17)7-3-2-4-8-16-9-5-6-10-18(16)19/h3-14H,2,19H2,1H3/b7-3+,8-4-/i4D. The van der Waals surface area contributed by atoms with Gasteiger partial charge in [-0.1, -0.05) is 54.6 Å². The van der Waals surface area contributed by atoms with E-state index >= 15 is 0 Å². The molecule has 0 unspecified atom stereocenters. The van der Waals surface area contributed by atoms with E-state index in [0.29, 0.717) is 18.2 Å². The maximum Gasteiger partial charge on any atom is 0.118 e. The van der Waals surface area contributed by atoms with Gasteiger partial charge in [0.25, 0.3) is 0 Å². The molecule has 0 heterocycles. The van der Waals surface area contributed by atoms with E-state index in [1.165, 1.54) is 0 Å². The van der Waals surface area contributed by atoms with Crippen molar-refractivity contribution < 1.29 is 6.11 Å². The summed E-state index contributed by atoms with van der Waals surface area (Å²) in [6.45, 7) is 0. The quantitative estimate of drug-likeness (QED) is 0.814. The Morgan fingerprint density at radius 2 is 1.85 bits per heavy atom. The van der Waals surface area contributed by atoms with Crippen LogP contribution < -0.4 is 10.5 Å². The molecule has 2 N–H and O–H groups in total. The maximum atomic E-state index is 7.97. The fourth-order valence-corrected chi connectivity index (χ4v) is 1.79. The van der Waals surface area contributed by atoms with Crippen LogP contribution in [0, 0.1) is 0 Å². The Labute approximate surface area is 121 Å². The first kappa shape index (κ1) is 12.5. The summed E-state index contributed by atoms with van der Waals surface area (Å²) in [5.41, 5.74) is 8.53. The highest BCUT2D eigenvalue weighted by atomic mass is 16.5. The highest BCUT2D eigenvalue weighted by Gasteiger charge is 1.91. The van der Waals surface area contributed by atoms with Gasteiger partial charge in [-0.2, -0.15) is 0 Å². The Morgan fingerprint density at radius 3 is 2.55 bits per heavy atom. The van der Waals surface area contributed by atoms with E-state index in [4.69, 9.17) is 11.8 Å². The van der Waals surface area contributed by atoms with Gasteiger partial charge < -0.3 is 10.5 Å². The molecule has 0 fully saturated rings. The highest BCUT2D eigenvalue weighted by Crippen LogP contribution is 2.14. The first-order chi connectivity index (χ1) is 10.2. The van der Waals surface area contributed by atoms with E-state index < -0.39 is 0 Å². The molecule has 0 aliphatic carbocycles. The Kier molecular flexibility index (Phi) is 4.51. The average Bonchev–Trinajstić information content (AvgIpc) is 2.50. The molecule has 0 spiro atoms. The van der Waals surface area contributed by atoms with Gasteiger partial charge in [-0.05, 0) is 35.7 Å². The number of para-hydroxylation sites is 1. The molecule has 0 saturated heterocycles. The SMILES string of the molecule is [2H]/C(=C/c1ccccc1N)C/C=C/c1ccc(OC)cc1. The van der Waals surface area contributed by atoms with Crippen LogP contribution in [0.3, 0.4) is 0 Å². The third kappa shape index (κ3) is 4.02. The van der Waals surface area contributed by atoms with Crippen molar-refractivity contribution in [1.29, 1.82) is 0 Å². The highest BCUT2D eigenvalue weighted by molar-refractivity contribution is 5.64. The predicted octanol–water partition coefficient (Wildman–Crippen LogP) is 4.39. The van der Waals surface area contributed by atoms with Gasteiger partial charge in [-0.15, -0.1) is 0 Å². The van der Waals surface area contributed by atoms with Gasteiger partial charge in [0.2, 0.25) is 0 Å². The second-order valence-corrected chi connectivity index (χ2v) is 4.36. The van der Waals surface area contributed by atoms with Gasteiger partial charge in [0.1, 0.15) is 5.75 Å². The zero-order chi connectivity index (χ0) is 15.1. The lowest BCUT2D eigenvalue weighted by molar-refractivity contribution is 0.415.